The zero-order valence-corrected chi connectivity index (χ0v) is 28.1. The zero-order valence-electron chi connectivity index (χ0n) is 28.1. The lowest BCUT2D eigenvalue weighted by atomic mass is 9.80. The standard InChI is InChI=1S/C41H42F3N3O3/c1-2-10-34(38(45)48)35(24-26-11-3-4-12-26)39(49)46-37-33-17-6-5-15-31(33)32-16-7-8-18-36(32)47(40(37)50)25-27-13-9-14-29(23-27)28-19-21-30(22-20-28)41(42,43)44/h5-9,13-23,26,34-35,37H,2-4,10-12,24-25H2,1H3,(H2,45,48)(H,46,49). The Kier molecular flexibility index (Phi) is 10.4. The second kappa shape index (κ2) is 14.9. The Bertz CT molecular complexity index is 1850. The van der Waals surface area contributed by atoms with Crippen LogP contribution < -0.4 is 16.0 Å². The summed E-state index contributed by atoms with van der Waals surface area (Å²) in [5.74, 6) is -2.16. The van der Waals surface area contributed by atoms with Gasteiger partial charge < -0.3 is 16.0 Å². The van der Waals surface area contributed by atoms with Crippen molar-refractivity contribution in [3.8, 4) is 22.3 Å². The van der Waals surface area contributed by atoms with Crippen molar-refractivity contribution in [1.29, 1.82) is 0 Å². The van der Waals surface area contributed by atoms with Gasteiger partial charge in [-0.2, -0.15) is 13.2 Å². The van der Waals surface area contributed by atoms with Gasteiger partial charge in [-0.25, -0.2) is 0 Å². The van der Waals surface area contributed by atoms with E-state index in [1.165, 1.54) is 12.1 Å². The maximum Gasteiger partial charge on any atom is 0.416 e. The quantitative estimate of drug-likeness (QED) is 0.166. The van der Waals surface area contributed by atoms with Gasteiger partial charge in [-0.1, -0.05) is 112 Å². The molecule has 0 spiro atoms. The van der Waals surface area contributed by atoms with Crippen LogP contribution >= 0.6 is 0 Å². The molecule has 1 saturated carbocycles. The molecule has 6 rings (SSSR count). The van der Waals surface area contributed by atoms with Gasteiger partial charge in [0.25, 0.3) is 5.91 Å². The van der Waals surface area contributed by atoms with Crippen LogP contribution in [0.3, 0.4) is 0 Å². The number of fused-ring (bicyclic) bond motifs is 3. The van der Waals surface area contributed by atoms with Crippen molar-refractivity contribution in [3.05, 3.63) is 114 Å². The Balaban J connectivity index is 1.36. The molecule has 1 fully saturated rings. The molecule has 2 aliphatic rings. The topological polar surface area (TPSA) is 92.5 Å². The fourth-order valence-electron chi connectivity index (χ4n) is 7.69. The van der Waals surface area contributed by atoms with Crippen LogP contribution in [0.5, 0.6) is 0 Å². The van der Waals surface area contributed by atoms with Gasteiger partial charge >= 0.3 is 6.18 Å². The van der Waals surface area contributed by atoms with Crippen LogP contribution in [0.25, 0.3) is 22.3 Å². The van der Waals surface area contributed by atoms with E-state index in [0.717, 1.165) is 54.5 Å². The maximum atomic E-state index is 14.8. The number of nitrogens with two attached hydrogens (primary N) is 1. The molecule has 3 amide bonds. The average molecular weight is 682 g/mol. The molecule has 4 aromatic rings. The minimum atomic E-state index is -4.43. The molecular weight excluding hydrogens is 639 g/mol. The van der Waals surface area contributed by atoms with Crippen molar-refractivity contribution in [1.82, 2.24) is 5.32 Å². The highest BCUT2D eigenvalue weighted by Crippen LogP contribution is 2.42. The van der Waals surface area contributed by atoms with Crippen LogP contribution in [-0.4, -0.2) is 17.7 Å². The zero-order chi connectivity index (χ0) is 35.4. The number of halogens is 3. The van der Waals surface area contributed by atoms with E-state index in [1.54, 1.807) is 4.90 Å². The number of para-hydroxylation sites is 1. The normalized spacial score (nSPS) is 17.4. The van der Waals surface area contributed by atoms with Crippen LogP contribution in [-0.2, 0) is 27.1 Å². The Hall–Kier alpha value is -4.92. The first-order valence-corrected chi connectivity index (χ1v) is 17.4. The monoisotopic (exact) mass is 681 g/mol. The first kappa shape index (κ1) is 34.9. The van der Waals surface area contributed by atoms with Gasteiger partial charge in [-0.15, -0.1) is 0 Å². The summed E-state index contributed by atoms with van der Waals surface area (Å²) in [7, 11) is 0. The van der Waals surface area contributed by atoms with Crippen molar-refractivity contribution in [2.45, 2.75) is 70.6 Å². The number of nitrogens with zero attached hydrogens (tertiary/aromatic N) is 1. The summed E-state index contributed by atoms with van der Waals surface area (Å²) in [4.78, 5) is 43.6. The van der Waals surface area contributed by atoms with E-state index in [2.05, 4.69) is 5.32 Å². The van der Waals surface area contributed by atoms with Crippen molar-refractivity contribution in [2.24, 2.45) is 23.5 Å². The fraction of sp³-hybridized carbons (Fsp3) is 0.341. The highest BCUT2D eigenvalue weighted by Gasteiger charge is 2.40. The molecule has 260 valence electrons. The predicted molar refractivity (Wildman–Crippen MR) is 188 cm³/mol. The molecular formula is C41H42F3N3O3. The van der Waals surface area contributed by atoms with E-state index >= 15 is 0 Å². The number of alkyl halides is 3. The van der Waals surface area contributed by atoms with E-state index < -0.39 is 35.5 Å². The van der Waals surface area contributed by atoms with Crippen molar-refractivity contribution in [2.75, 3.05) is 4.90 Å². The molecule has 9 heteroatoms. The maximum absolute atomic E-state index is 14.8. The first-order valence-electron chi connectivity index (χ1n) is 17.4. The summed E-state index contributed by atoms with van der Waals surface area (Å²) in [5.41, 5.74) is 10.2. The minimum Gasteiger partial charge on any atom is -0.369 e. The molecule has 1 aliphatic heterocycles. The molecule has 6 nitrogen and oxygen atoms in total. The molecule has 3 atom stereocenters. The average Bonchev–Trinajstić information content (AvgIpc) is 3.61. The summed E-state index contributed by atoms with van der Waals surface area (Å²) >= 11 is 0. The van der Waals surface area contributed by atoms with E-state index in [-0.39, 0.29) is 18.4 Å². The Morgan fingerprint density at radius 3 is 2.22 bits per heavy atom. The molecule has 0 bridgehead atoms. The van der Waals surface area contributed by atoms with Crippen molar-refractivity contribution >= 4 is 23.4 Å². The molecule has 0 saturated heterocycles. The molecule has 0 aromatic heterocycles. The Morgan fingerprint density at radius 1 is 0.860 bits per heavy atom. The van der Waals surface area contributed by atoms with Crippen LogP contribution in [0.15, 0.2) is 97.1 Å². The number of anilines is 1. The lowest BCUT2D eigenvalue weighted by Gasteiger charge is -2.30. The number of carbonyl (C=O) groups excluding carboxylic acids is 3. The molecule has 0 radical (unpaired) electrons. The lowest BCUT2D eigenvalue weighted by Crippen LogP contribution is -2.47. The van der Waals surface area contributed by atoms with Gasteiger partial charge in [-0.05, 0) is 70.8 Å². The Labute approximate surface area is 290 Å². The molecule has 3 N–H and O–H groups in total. The third kappa shape index (κ3) is 7.47. The number of rotatable bonds is 11. The summed E-state index contributed by atoms with van der Waals surface area (Å²) < 4.78 is 39.6. The van der Waals surface area contributed by atoms with Crippen molar-refractivity contribution in [3.63, 3.8) is 0 Å². The summed E-state index contributed by atoms with van der Waals surface area (Å²) in [6.07, 6.45) is 1.48. The minimum absolute atomic E-state index is 0.149. The van der Waals surface area contributed by atoms with Gasteiger partial charge in [0.1, 0.15) is 6.04 Å². The molecule has 3 unspecified atom stereocenters. The molecule has 50 heavy (non-hydrogen) atoms. The van der Waals surface area contributed by atoms with E-state index in [1.807, 2.05) is 79.7 Å². The third-order valence-electron chi connectivity index (χ3n) is 10.2. The Morgan fingerprint density at radius 2 is 1.54 bits per heavy atom. The second-order valence-electron chi connectivity index (χ2n) is 13.5. The van der Waals surface area contributed by atoms with Gasteiger partial charge in [0.05, 0.1) is 17.8 Å². The van der Waals surface area contributed by atoms with Gasteiger partial charge in [0, 0.05) is 17.4 Å². The lowest BCUT2D eigenvalue weighted by molar-refractivity contribution is -0.137. The number of benzene rings is 4. The number of hydrogen-bond donors (Lipinski definition) is 2. The number of carbonyl (C=O) groups is 3. The first-order chi connectivity index (χ1) is 24.0. The second-order valence-corrected chi connectivity index (χ2v) is 13.5. The third-order valence-corrected chi connectivity index (χ3v) is 10.2. The number of hydrogen-bond acceptors (Lipinski definition) is 3. The molecule has 1 heterocycles. The van der Waals surface area contributed by atoms with Crippen LogP contribution in [0, 0.1) is 17.8 Å². The summed E-state index contributed by atoms with van der Waals surface area (Å²) in [6.45, 7) is 2.11. The number of nitrogens with one attached hydrogen (secondary N) is 1. The summed E-state index contributed by atoms with van der Waals surface area (Å²) in [5, 5.41) is 3.11. The van der Waals surface area contributed by atoms with E-state index in [9.17, 15) is 27.6 Å². The van der Waals surface area contributed by atoms with Gasteiger partial charge in [-0.3, -0.25) is 14.4 Å². The summed E-state index contributed by atoms with van der Waals surface area (Å²) in [6, 6.07) is 26.5. The van der Waals surface area contributed by atoms with E-state index in [0.29, 0.717) is 47.6 Å². The SMILES string of the molecule is CCCC(C(N)=O)C(CC1CCCC1)C(=O)NC1C(=O)N(Cc2cccc(-c3ccc(C(F)(F)F)cc3)c2)c2ccccc2-c2ccccc21. The smallest absolute Gasteiger partial charge is 0.369 e. The predicted octanol–water partition coefficient (Wildman–Crippen LogP) is 8.84. The van der Waals surface area contributed by atoms with Crippen LogP contribution in [0.2, 0.25) is 0 Å². The van der Waals surface area contributed by atoms with Crippen molar-refractivity contribution < 1.29 is 27.6 Å². The van der Waals surface area contributed by atoms with Gasteiger partial charge in [0.15, 0.2) is 0 Å². The molecule has 1 aliphatic carbocycles. The van der Waals surface area contributed by atoms with Crippen LogP contribution in [0.1, 0.15) is 74.6 Å². The number of amides is 3. The number of primary amides is 1. The largest absolute Gasteiger partial charge is 0.416 e. The van der Waals surface area contributed by atoms with E-state index in [4.69, 9.17) is 5.73 Å². The van der Waals surface area contributed by atoms with Crippen LogP contribution in [0.4, 0.5) is 18.9 Å². The fourth-order valence-corrected chi connectivity index (χ4v) is 7.69. The highest BCUT2D eigenvalue weighted by molar-refractivity contribution is 6.06. The van der Waals surface area contributed by atoms with Gasteiger partial charge in [0.2, 0.25) is 11.8 Å². The highest BCUT2D eigenvalue weighted by atomic mass is 19.4. The molecule has 4 aromatic carbocycles.